The zero-order valence-corrected chi connectivity index (χ0v) is 10.2. The fourth-order valence-electron chi connectivity index (χ4n) is 1.01. The Morgan fingerprint density at radius 2 is 2.21 bits per heavy atom. The van der Waals surface area contributed by atoms with E-state index >= 15 is 0 Å². The number of hydrogen-bond donors (Lipinski definition) is 1. The number of nitrogens with one attached hydrogen (secondary N) is 1. The summed E-state index contributed by atoms with van der Waals surface area (Å²) in [5, 5.41) is 3.70. The molecular weight excluding hydrogens is 241 g/mol. The quantitative estimate of drug-likeness (QED) is 0.660. The highest BCUT2D eigenvalue weighted by atomic mass is 35.5. The average molecular weight is 252 g/mol. The van der Waals surface area contributed by atoms with Crippen molar-refractivity contribution in [3.05, 3.63) is 16.5 Å². The Kier molecular flexibility index (Phi) is 4.78. The molecule has 0 fully saturated rings. The van der Waals surface area contributed by atoms with Crippen molar-refractivity contribution < 1.29 is 0 Å². The van der Waals surface area contributed by atoms with Crippen LogP contribution in [0, 0.1) is 0 Å². The first-order valence-corrected chi connectivity index (χ1v) is 6.22. The van der Waals surface area contributed by atoms with Gasteiger partial charge in [-0.3, -0.25) is 0 Å². The SMILES string of the molecule is CSCC(C)Nc1cc(Cl)nc(Cl)n1. The molecule has 3 nitrogen and oxygen atoms in total. The monoisotopic (exact) mass is 251 g/mol. The first-order chi connectivity index (χ1) is 6.61. The third-order valence-corrected chi connectivity index (χ3v) is 2.67. The van der Waals surface area contributed by atoms with Gasteiger partial charge in [0.15, 0.2) is 0 Å². The summed E-state index contributed by atoms with van der Waals surface area (Å²) in [5.74, 6) is 1.66. The summed E-state index contributed by atoms with van der Waals surface area (Å²) in [6.45, 7) is 2.07. The summed E-state index contributed by atoms with van der Waals surface area (Å²) in [5.41, 5.74) is 0. The molecule has 0 saturated heterocycles. The number of rotatable bonds is 4. The van der Waals surface area contributed by atoms with Gasteiger partial charge >= 0.3 is 0 Å². The van der Waals surface area contributed by atoms with Crippen molar-refractivity contribution in [3.63, 3.8) is 0 Å². The molecule has 1 aromatic rings. The molecule has 1 heterocycles. The van der Waals surface area contributed by atoms with Crippen LogP contribution < -0.4 is 5.32 Å². The molecule has 0 aliphatic rings. The maximum absolute atomic E-state index is 5.73. The van der Waals surface area contributed by atoms with Crippen LogP contribution in [-0.4, -0.2) is 28.0 Å². The molecule has 1 atom stereocenters. The number of hydrogen-bond acceptors (Lipinski definition) is 4. The van der Waals surface area contributed by atoms with Gasteiger partial charge in [-0.2, -0.15) is 11.8 Å². The predicted molar refractivity (Wildman–Crippen MR) is 63.5 cm³/mol. The summed E-state index contributed by atoms with van der Waals surface area (Å²) in [7, 11) is 0. The highest BCUT2D eigenvalue weighted by Crippen LogP contribution is 2.15. The minimum atomic E-state index is 0.163. The first kappa shape index (κ1) is 11.9. The van der Waals surface area contributed by atoms with Gasteiger partial charge in [-0.15, -0.1) is 0 Å². The van der Waals surface area contributed by atoms with Crippen LogP contribution in [0.15, 0.2) is 6.07 Å². The average Bonchev–Trinajstić information content (AvgIpc) is 2.01. The fraction of sp³-hybridized carbons (Fsp3) is 0.500. The topological polar surface area (TPSA) is 37.8 Å². The Labute approximate surface area is 97.6 Å². The zero-order valence-electron chi connectivity index (χ0n) is 7.92. The summed E-state index contributed by atoms with van der Waals surface area (Å²) in [6.07, 6.45) is 2.05. The molecule has 0 radical (unpaired) electrons. The van der Waals surface area contributed by atoms with Crippen LogP contribution >= 0.6 is 35.0 Å². The van der Waals surface area contributed by atoms with Crippen LogP contribution in [0.3, 0.4) is 0 Å². The van der Waals surface area contributed by atoms with E-state index in [4.69, 9.17) is 23.2 Å². The molecule has 0 bridgehead atoms. The number of aromatic nitrogens is 2. The van der Waals surface area contributed by atoms with Gasteiger partial charge in [0.05, 0.1) is 0 Å². The highest BCUT2D eigenvalue weighted by molar-refractivity contribution is 7.98. The summed E-state index contributed by atoms with van der Waals surface area (Å²) >= 11 is 13.2. The molecule has 1 aromatic heterocycles. The minimum absolute atomic E-state index is 0.163. The van der Waals surface area contributed by atoms with E-state index in [0.717, 1.165) is 5.75 Å². The van der Waals surface area contributed by atoms with E-state index < -0.39 is 0 Å². The smallest absolute Gasteiger partial charge is 0.225 e. The van der Waals surface area contributed by atoms with Crippen molar-refractivity contribution in [2.24, 2.45) is 0 Å². The van der Waals surface area contributed by atoms with Crippen molar-refractivity contribution in [2.45, 2.75) is 13.0 Å². The summed E-state index contributed by atoms with van der Waals surface area (Å²) in [4.78, 5) is 7.77. The van der Waals surface area contributed by atoms with Crippen LogP contribution in [0.1, 0.15) is 6.92 Å². The maximum Gasteiger partial charge on any atom is 0.225 e. The first-order valence-electron chi connectivity index (χ1n) is 4.07. The molecule has 6 heteroatoms. The van der Waals surface area contributed by atoms with E-state index in [0.29, 0.717) is 17.0 Å². The molecule has 1 unspecified atom stereocenters. The Balaban J connectivity index is 2.66. The van der Waals surface area contributed by atoms with Crippen molar-refractivity contribution in [1.82, 2.24) is 9.97 Å². The molecule has 0 aromatic carbocycles. The Hall–Kier alpha value is -0.190. The van der Waals surface area contributed by atoms with Crippen LogP contribution in [0.25, 0.3) is 0 Å². The van der Waals surface area contributed by atoms with Crippen LogP contribution in [0.4, 0.5) is 5.82 Å². The molecule has 0 aliphatic carbocycles. The number of halogens is 2. The van der Waals surface area contributed by atoms with Gasteiger partial charge in [-0.25, -0.2) is 9.97 Å². The molecule has 0 amide bonds. The van der Waals surface area contributed by atoms with Crippen LogP contribution in [0.2, 0.25) is 10.4 Å². The molecule has 1 rings (SSSR count). The van der Waals surface area contributed by atoms with E-state index in [1.54, 1.807) is 17.8 Å². The van der Waals surface area contributed by atoms with Crippen molar-refractivity contribution in [2.75, 3.05) is 17.3 Å². The summed E-state index contributed by atoms with van der Waals surface area (Å²) in [6, 6.07) is 1.98. The van der Waals surface area contributed by atoms with E-state index in [1.807, 2.05) is 0 Å². The van der Waals surface area contributed by atoms with Crippen molar-refractivity contribution in [3.8, 4) is 0 Å². The highest BCUT2D eigenvalue weighted by Gasteiger charge is 2.04. The number of nitrogens with zero attached hydrogens (tertiary/aromatic N) is 2. The van der Waals surface area contributed by atoms with Crippen molar-refractivity contribution >= 4 is 40.8 Å². The number of anilines is 1. The van der Waals surface area contributed by atoms with E-state index in [2.05, 4.69) is 28.5 Å². The maximum atomic E-state index is 5.73. The minimum Gasteiger partial charge on any atom is -0.367 e. The lowest BCUT2D eigenvalue weighted by Crippen LogP contribution is -2.18. The standard InChI is InChI=1S/C8H11Cl2N3S/c1-5(4-14-2)11-7-3-6(9)12-8(10)13-7/h3,5H,4H2,1-2H3,(H,11,12,13). The van der Waals surface area contributed by atoms with Gasteiger partial charge < -0.3 is 5.32 Å². The second-order valence-electron chi connectivity index (χ2n) is 2.85. The molecule has 14 heavy (non-hydrogen) atoms. The normalized spacial score (nSPS) is 12.6. The van der Waals surface area contributed by atoms with Crippen molar-refractivity contribution in [1.29, 1.82) is 0 Å². The molecule has 0 spiro atoms. The van der Waals surface area contributed by atoms with Gasteiger partial charge in [-0.05, 0) is 24.8 Å². The lowest BCUT2D eigenvalue weighted by molar-refractivity contribution is 0.900. The van der Waals surface area contributed by atoms with E-state index in [-0.39, 0.29) is 5.28 Å². The Bertz CT molecular complexity index is 288. The Morgan fingerprint density at radius 1 is 1.50 bits per heavy atom. The Morgan fingerprint density at radius 3 is 2.79 bits per heavy atom. The molecular formula is C8H11Cl2N3S. The third kappa shape index (κ3) is 3.90. The molecule has 78 valence electrons. The van der Waals surface area contributed by atoms with Gasteiger partial charge in [0.1, 0.15) is 11.0 Å². The van der Waals surface area contributed by atoms with Gasteiger partial charge in [0, 0.05) is 17.9 Å². The van der Waals surface area contributed by atoms with Crippen LogP contribution in [-0.2, 0) is 0 Å². The van der Waals surface area contributed by atoms with Gasteiger partial charge in [0.2, 0.25) is 5.28 Å². The molecule has 0 aliphatic heterocycles. The van der Waals surface area contributed by atoms with Gasteiger partial charge in [0.25, 0.3) is 0 Å². The van der Waals surface area contributed by atoms with Crippen LogP contribution in [0.5, 0.6) is 0 Å². The predicted octanol–water partition coefficient (Wildman–Crippen LogP) is 2.95. The zero-order chi connectivity index (χ0) is 10.6. The number of thioether (sulfide) groups is 1. The third-order valence-electron chi connectivity index (χ3n) is 1.48. The summed E-state index contributed by atoms with van der Waals surface area (Å²) < 4.78 is 0. The second kappa shape index (κ2) is 5.63. The lowest BCUT2D eigenvalue weighted by Gasteiger charge is -2.12. The molecule has 1 N–H and O–H groups in total. The van der Waals surface area contributed by atoms with Gasteiger partial charge in [-0.1, -0.05) is 11.6 Å². The van der Waals surface area contributed by atoms with E-state index in [1.165, 1.54) is 0 Å². The van der Waals surface area contributed by atoms with E-state index in [9.17, 15) is 0 Å². The fourth-order valence-corrected chi connectivity index (χ4v) is 2.00. The second-order valence-corrected chi connectivity index (χ2v) is 4.48. The lowest BCUT2D eigenvalue weighted by atomic mass is 10.4. The molecule has 0 saturated carbocycles. The largest absolute Gasteiger partial charge is 0.367 e.